The fourth-order valence-electron chi connectivity index (χ4n) is 1.69. The van der Waals surface area contributed by atoms with Crippen LogP contribution in [-0.2, 0) is 9.53 Å². The van der Waals surface area contributed by atoms with E-state index in [1.165, 1.54) is 0 Å². The Balaban J connectivity index is 4.17. The van der Waals surface area contributed by atoms with Crippen LogP contribution in [-0.4, -0.2) is 29.3 Å². The van der Waals surface area contributed by atoms with Crippen LogP contribution in [0.3, 0.4) is 0 Å². The number of hydrogen-bond donors (Lipinski definition) is 2. The van der Waals surface area contributed by atoms with Crippen LogP contribution >= 0.6 is 0 Å². The first-order valence-electron chi connectivity index (χ1n) is 6.28. The maximum atomic E-state index is 11.5. The molecular weight excluding hydrogens is 234 g/mol. The van der Waals surface area contributed by atoms with Crippen molar-refractivity contribution in [1.82, 2.24) is 5.32 Å². The fraction of sp³-hybridized carbons (Fsp3) is 0.846. The van der Waals surface area contributed by atoms with Crippen molar-refractivity contribution in [3.05, 3.63) is 0 Å². The van der Waals surface area contributed by atoms with Crippen LogP contribution in [0, 0.1) is 11.8 Å². The molecule has 5 nitrogen and oxygen atoms in total. The molecule has 0 bridgehead atoms. The Bertz CT molecular complexity index is 281. The van der Waals surface area contributed by atoms with Crippen LogP contribution < -0.4 is 5.32 Å². The zero-order chi connectivity index (χ0) is 14.3. The van der Waals surface area contributed by atoms with Crippen molar-refractivity contribution in [3.8, 4) is 0 Å². The number of aliphatic carboxylic acids is 1. The summed E-state index contributed by atoms with van der Waals surface area (Å²) >= 11 is 0. The summed E-state index contributed by atoms with van der Waals surface area (Å²) in [5, 5.41) is 11.4. The fourth-order valence-corrected chi connectivity index (χ4v) is 1.69. The molecule has 0 heterocycles. The molecule has 0 aromatic heterocycles. The lowest BCUT2D eigenvalue weighted by Gasteiger charge is -2.22. The second kappa shape index (κ2) is 7.24. The van der Waals surface area contributed by atoms with E-state index < -0.39 is 17.7 Å². The normalized spacial score (nSPS) is 13.2. The van der Waals surface area contributed by atoms with Gasteiger partial charge in [0.2, 0.25) is 0 Å². The molecule has 1 atom stereocenters. The average molecular weight is 259 g/mol. The van der Waals surface area contributed by atoms with Crippen LogP contribution in [0.5, 0.6) is 0 Å². The van der Waals surface area contributed by atoms with Crippen molar-refractivity contribution < 1.29 is 19.4 Å². The Morgan fingerprint density at radius 1 is 1.28 bits per heavy atom. The lowest BCUT2D eigenvalue weighted by atomic mass is 9.94. The van der Waals surface area contributed by atoms with Crippen LogP contribution in [0.2, 0.25) is 0 Å². The zero-order valence-corrected chi connectivity index (χ0v) is 11.9. The van der Waals surface area contributed by atoms with Gasteiger partial charge in [0.15, 0.2) is 0 Å². The molecule has 5 heteroatoms. The molecule has 0 aromatic rings. The van der Waals surface area contributed by atoms with E-state index in [1.807, 2.05) is 13.8 Å². The first-order chi connectivity index (χ1) is 8.10. The Labute approximate surface area is 109 Å². The molecule has 0 spiro atoms. The Kier molecular flexibility index (Phi) is 6.73. The number of carboxylic acid groups (broad SMARTS) is 1. The lowest BCUT2D eigenvalue weighted by molar-refractivity contribution is -0.138. The number of carbonyl (C=O) groups is 2. The van der Waals surface area contributed by atoms with E-state index in [4.69, 9.17) is 9.84 Å². The zero-order valence-electron chi connectivity index (χ0n) is 11.9. The predicted octanol–water partition coefficient (Wildman–Crippen LogP) is 2.65. The highest BCUT2D eigenvalue weighted by atomic mass is 16.6. The third kappa shape index (κ3) is 9.93. The highest BCUT2D eigenvalue weighted by Crippen LogP contribution is 2.15. The minimum atomic E-state index is -0.841. The van der Waals surface area contributed by atoms with Gasteiger partial charge in [-0.3, -0.25) is 4.79 Å². The van der Waals surface area contributed by atoms with Gasteiger partial charge in [0.05, 0.1) is 0 Å². The van der Waals surface area contributed by atoms with Gasteiger partial charge in [-0.05, 0) is 39.0 Å². The summed E-state index contributed by atoms with van der Waals surface area (Å²) in [6.07, 6.45) is 0.331. The predicted molar refractivity (Wildman–Crippen MR) is 69.4 cm³/mol. The molecule has 0 aliphatic heterocycles. The van der Waals surface area contributed by atoms with E-state index in [0.29, 0.717) is 12.5 Å². The van der Waals surface area contributed by atoms with Gasteiger partial charge in [-0.15, -0.1) is 0 Å². The SMILES string of the molecule is CC(C)C[C@@H](CNC(=O)OC(C)(C)C)CC(=O)O. The lowest BCUT2D eigenvalue weighted by Crippen LogP contribution is -2.36. The molecule has 2 N–H and O–H groups in total. The van der Waals surface area contributed by atoms with Crippen molar-refractivity contribution >= 4 is 12.1 Å². The van der Waals surface area contributed by atoms with Gasteiger partial charge in [0, 0.05) is 13.0 Å². The van der Waals surface area contributed by atoms with E-state index in [9.17, 15) is 9.59 Å². The van der Waals surface area contributed by atoms with Gasteiger partial charge in [-0.2, -0.15) is 0 Å². The van der Waals surface area contributed by atoms with Crippen molar-refractivity contribution in [2.45, 2.75) is 53.1 Å². The monoisotopic (exact) mass is 259 g/mol. The molecule has 0 saturated carbocycles. The van der Waals surface area contributed by atoms with E-state index in [1.54, 1.807) is 20.8 Å². The summed E-state index contributed by atoms with van der Waals surface area (Å²) in [6, 6.07) is 0. The highest BCUT2D eigenvalue weighted by Gasteiger charge is 2.19. The molecule has 1 amide bonds. The standard InChI is InChI=1S/C13H25NO4/c1-9(2)6-10(7-11(15)16)8-14-12(17)18-13(3,4)5/h9-10H,6-8H2,1-5H3,(H,14,17)(H,15,16)/t10-/m1/s1. The second-order valence-corrected chi connectivity index (χ2v) is 5.98. The van der Waals surface area contributed by atoms with E-state index in [0.717, 1.165) is 6.42 Å². The maximum absolute atomic E-state index is 11.5. The first kappa shape index (κ1) is 16.7. The minimum Gasteiger partial charge on any atom is -0.481 e. The summed E-state index contributed by atoms with van der Waals surface area (Å²) in [5.41, 5.74) is -0.537. The second-order valence-electron chi connectivity index (χ2n) is 5.98. The summed E-state index contributed by atoms with van der Waals surface area (Å²) in [5.74, 6) is -0.503. The van der Waals surface area contributed by atoms with Crippen LogP contribution in [0.25, 0.3) is 0 Å². The quantitative estimate of drug-likeness (QED) is 0.769. The van der Waals surface area contributed by atoms with Gasteiger partial charge in [0.1, 0.15) is 5.60 Å². The summed E-state index contributed by atoms with van der Waals surface area (Å²) in [4.78, 5) is 22.2. The summed E-state index contributed by atoms with van der Waals surface area (Å²) in [7, 11) is 0. The third-order valence-corrected chi connectivity index (χ3v) is 2.20. The number of alkyl carbamates (subject to hydrolysis) is 1. The molecule has 0 fully saturated rings. The smallest absolute Gasteiger partial charge is 0.407 e. The topological polar surface area (TPSA) is 75.6 Å². The minimum absolute atomic E-state index is 0.0602. The Morgan fingerprint density at radius 3 is 2.22 bits per heavy atom. The Hall–Kier alpha value is -1.26. The van der Waals surface area contributed by atoms with E-state index in [2.05, 4.69) is 5.32 Å². The highest BCUT2D eigenvalue weighted by molar-refractivity contribution is 5.68. The van der Waals surface area contributed by atoms with Crippen molar-refractivity contribution in [3.63, 3.8) is 0 Å². The molecule has 0 rings (SSSR count). The van der Waals surface area contributed by atoms with Crippen LogP contribution in [0.4, 0.5) is 4.79 Å². The number of rotatable bonds is 6. The van der Waals surface area contributed by atoms with E-state index >= 15 is 0 Å². The number of ether oxygens (including phenoxy) is 1. The van der Waals surface area contributed by atoms with Gasteiger partial charge in [-0.25, -0.2) is 4.79 Å². The summed E-state index contributed by atoms with van der Waals surface area (Å²) < 4.78 is 5.10. The molecule has 0 aliphatic carbocycles. The third-order valence-electron chi connectivity index (χ3n) is 2.20. The van der Waals surface area contributed by atoms with Crippen molar-refractivity contribution in [2.24, 2.45) is 11.8 Å². The molecule has 0 aromatic carbocycles. The number of nitrogens with one attached hydrogen (secondary N) is 1. The van der Waals surface area contributed by atoms with Gasteiger partial charge in [0.25, 0.3) is 0 Å². The van der Waals surface area contributed by atoms with Gasteiger partial charge < -0.3 is 15.2 Å². The number of carboxylic acids is 1. The first-order valence-corrected chi connectivity index (χ1v) is 6.28. The average Bonchev–Trinajstić information content (AvgIpc) is 2.09. The molecular formula is C13H25NO4. The Morgan fingerprint density at radius 2 is 1.83 bits per heavy atom. The number of hydrogen-bond acceptors (Lipinski definition) is 3. The molecule has 0 unspecified atom stereocenters. The van der Waals surface area contributed by atoms with Crippen molar-refractivity contribution in [1.29, 1.82) is 0 Å². The molecule has 18 heavy (non-hydrogen) atoms. The van der Waals surface area contributed by atoms with E-state index in [-0.39, 0.29) is 12.3 Å². The van der Waals surface area contributed by atoms with Crippen LogP contribution in [0.1, 0.15) is 47.5 Å². The molecule has 0 aliphatic rings. The van der Waals surface area contributed by atoms with Gasteiger partial charge >= 0.3 is 12.1 Å². The van der Waals surface area contributed by atoms with Crippen LogP contribution in [0.15, 0.2) is 0 Å². The maximum Gasteiger partial charge on any atom is 0.407 e. The number of amides is 1. The number of carbonyl (C=O) groups excluding carboxylic acids is 1. The van der Waals surface area contributed by atoms with Gasteiger partial charge in [-0.1, -0.05) is 13.8 Å². The molecule has 0 radical (unpaired) electrons. The summed E-state index contributed by atoms with van der Waals surface area (Å²) in [6.45, 7) is 9.75. The van der Waals surface area contributed by atoms with Crippen molar-refractivity contribution in [2.75, 3.05) is 6.54 Å². The largest absolute Gasteiger partial charge is 0.481 e. The molecule has 0 saturated heterocycles. The molecule has 106 valence electrons.